The minimum Gasteiger partial charge on any atom is -0.297 e. The molecule has 1 N–H and O–H groups in total. The predicted molar refractivity (Wildman–Crippen MR) is 67.1 cm³/mol. The quantitative estimate of drug-likeness (QED) is 0.840. The maximum absolute atomic E-state index is 9.05. The van der Waals surface area contributed by atoms with Crippen LogP contribution in [0, 0.1) is 11.3 Å². The zero-order valence-electron chi connectivity index (χ0n) is 10.3. The Morgan fingerprint density at radius 3 is 2.38 bits per heavy atom. The molecule has 0 aliphatic rings. The van der Waals surface area contributed by atoms with Crippen molar-refractivity contribution in [3.63, 3.8) is 0 Å². The fraction of sp³-hybridized carbons (Fsp3) is 0.500. The molecule has 16 heavy (non-hydrogen) atoms. The second-order valence-corrected chi connectivity index (χ2v) is 5.10. The molecule has 0 aromatic heterocycles. The van der Waals surface area contributed by atoms with Gasteiger partial charge in [0, 0.05) is 5.54 Å². The average molecular weight is 216 g/mol. The van der Waals surface area contributed by atoms with E-state index in [1.807, 2.05) is 18.2 Å². The first-order chi connectivity index (χ1) is 7.51. The number of rotatable bonds is 4. The highest BCUT2D eigenvalue weighted by Crippen LogP contribution is 2.08. The molecule has 0 heterocycles. The molecule has 2 heteroatoms. The molecule has 0 fully saturated rings. The van der Waals surface area contributed by atoms with Gasteiger partial charge in [-0.3, -0.25) is 5.32 Å². The minimum atomic E-state index is -0.0693. The van der Waals surface area contributed by atoms with E-state index in [2.05, 4.69) is 44.3 Å². The lowest BCUT2D eigenvalue weighted by Gasteiger charge is -2.24. The van der Waals surface area contributed by atoms with Gasteiger partial charge in [0.1, 0.15) is 0 Å². The molecule has 0 saturated carbocycles. The van der Waals surface area contributed by atoms with Crippen molar-refractivity contribution in [2.24, 2.45) is 0 Å². The van der Waals surface area contributed by atoms with Crippen LogP contribution in [0.4, 0.5) is 0 Å². The lowest BCUT2D eigenvalue weighted by molar-refractivity contribution is 0.384. The van der Waals surface area contributed by atoms with Crippen molar-refractivity contribution in [3.05, 3.63) is 35.9 Å². The maximum Gasteiger partial charge on any atom is 0.0960 e. The Hall–Kier alpha value is -1.33. The van der Waals surface area contributed by atoms with E-state index in [9.17, 15) is 0 Å². The molecule has 0 aliphatic carbocycles. The summed E-state index contributed by atoms with van der Waals surface area (Å²) in [5.41, 5.74) is 1.29. The number of nitrogens with one attached hydrogen (secondary N) is 1. The Bertz CT molecular complexity index is 343. The van der Waals surface area contributed by atoms with Gasteiger partial charge in [-0.25, -0.2) is 0 Å². The third-order valence-electron chi connectivity index (χ3n) is 2.33. The molecule has 0 spiro atoms. The van der Waals surface area contributed by atoms with E-state index in [1.54, 1.807) is 0 Å². The number of nitrogens with zero attached hydrogens (tertiary/aromatic N) is 1. The number of hydrogen-bond acceptors (Lipinski definition) is 2. The van der Waals surface area contributed by atoms with Crippen molar-refractivity contribution in [3.8, 4) is 6.07 Å². The van der Waals surface area contributed by atoms with E-state index in [4.69, 9.17) is 5.26 Å². The van der Waals surface area contributed by atoms with Gasteiger partial charge in [-0.15, -0.1) is 0 Å². The van der Waals surface area contributed by atoms with Gasteiger partial charge in [0.25, 0.3) is 0 Å². The zero-order chi connectivity index (χ0) is 12.0. The van der Waals surface area contributed by atoms with Crippen LogP contribution in [0.2, 0.25) is 0 Å². The summed E-state index contributed by atoms with van der Waals surface area (Å²) in [6, 6.07) is 12.5. The molecule has 1 atom stereocenters. The van der Waals surface area contributed by atoms with Gasteiger partial charge < -0.3 is 0 Å². The molecule has 0 radical (unpaired) electrons. The van der Waals surface area contributed by atoms with Gasteiger partial charge >= 0.3 is 0 Å². The lowest BCUT2D eigenvalue weighted by Crippen LogP contribution is -2.43. The summed E-state index contributed by atoms with van der Waals surface area (Å²) in [7, 11) is 0. The summed E-state index contributed by atoms with van der Waals surface area (Å²) >= 11 is 0. The number of hydrogen-bond donors (Lipinski definition) is 1. The highest BCUT2D eigenvalue weighted by atomic mass is 15.0. The van der Waals surface area contributed by atoms with Crippen molar-refractivity contribution >= 4 is 0 Å². The highest BCUT2D eigenvalue weighted by molar-refractivity contribution is 5.15. The zero-order valence-corrected chi connectivity index (χ0v) is 10.3. The predicted octanol–water partition coefficient (Wildman–Crippen LogP) is 2.90. The van der Waals surface area contributed by atoms with Crippen molar-refractivity contribution in [1.29, 1.82) is 5.26 Å². The van der Waals surface area contributed by atoms with Gasteiger partial charge in [0.15, 0.2) is 0 Å². The SMILES string of the molecule is CC(C)(C)NC(C#N)CCc1ccccc1. The molecule has 1 rings (SSSR count). The van der Waals surface area contributed by atoms with Gasteiger partial charge in [0.05, 0.1) is 12.1 Å². The molecule has 0 aliphatic heterocycles. The number of nitriles is 1. The molecule has 0 saturated heterocycles. The van der Waals surface area contributed by atoms with Crippen LogP contribution in [0.5, 0.6) is 0 Å². The van der Waals surface area contributed by atoms with Crippen LogP contribution < -0.4 is 5.32 Å². The fourth-order valence-electron chi connectivity index (χ4n) is 1.65. The Kier molecular flexibility index (Phi) is 4.52. The second-order valence-electron chi connectivity index (χ2n) is 5.10. The van der Waals surface area contributed by atoms with Crippen LogP contribution in [0.3, 0.4) is 0 Å². The van der Waals surface area contributed by atoms with Gasteiger partial charge in [-0.1, -0.05) is 30.3 Å². The Morgan fingerprint density at radius 1 is 1.25 bits per heavy atom. The van der Waals surface area contributed by atoms with E-state index in [1.165, 1.54) is 5.56 Å². The molecule has 1 aromatic rings. The number of benzene rings is 1. The summed E-state index contributed by atoms with van der Waals surface area (Å²) in [5, 5.41) is 12.4. The fourth-order valence-corrected chi connectivity index (χ4v) is 1.65. The summed E-state index contributed by atoms with van der Waals surface area (Å²) < 4.78 is 0. The molecule has 0 bridgehead atoms. The monoisotopic (exact) mass is 216 g/mol. The van der Waals surface area contributed by atoms with E-state index in [0.717, 1.165) is 12.8 Å². The molecule has 1 unspecified atom stereocenters. The van der Waals surface area contributed by atoms with Crippen molar-refractivity contribution in [2.45, 2.75) is 45.2 Å². The Morgan fingerprint density at radius 2 is 1.88 bits per heavy atom. The van der Waals surface area contributed by atoms with Crippen LogP contribution in [0.1, 0.15) is 32.8 Å². The van der Waals surface area contributed by atoms with Crippen molar-refractivity contribution in [1.82, 2.24) is 5.32 Å². The minimum absolute atomic E-state index is 0.00289. The van der Waals surface area contributed by atoms with Gasteiger partial charge in [-0.2, -0.15) is 5.26 Å². The standard InChI is InChI=1S/C14H20N2/c1-14(2,3)16-13(11-15)10-9-12-7-5-4-6-8-12/h4-8,13,16H,9-10H2,1-3H3. The Balaban J connectivity index is 2.44. The third kappa shape index (κ3) is 4.95. The van der Waals surface area contributed by atoms with Gasteiger partial charge in [0.2, 0.25) is 0 Å². The van der Waals surface area contributed by atoms with Crippen LogP contribution in [-0.4, -0.2) is 11.6 Å². The first-order valence-electron chi connectivity index (χ1n) is 5.72. The highest BCUT2D eigenvalue weighted by Gasteiger charge is 2.16. The second kappa shape index (κ2) is 5.67. The Labute approximate surface area is 98.3 Å². The molecule has 1 aromatic carbocycles. The molecular weight excluding hydrogens is 196 g/mol. The smallest absolute Gasteiger partial charge is 0.0960 e. The van der Waals surface area contributed by atoms with Gasteiger partial charge in [-0.05, 0) is 39.2 Å². The topological polar surface area (TPSA) is 35.8 Å². The average Bonchev–Trinajstić information content (AvgIpc) is 2.24. The van der Waals surface area contributed by atoms with E-state index >= 15 is 0 Å². The lowest BCUT2D eigenvalue weighted by atomic mass is 10.0. The maximum atomic E-state index is 9.05. The van der Waals surface area contributed by atoms with Crippen LogP contribution >= 0.6 is 0 Å². The summed E-state index contributed by atoms with van der Waals surface area (Å²) in [5.74, 6) is 0. The largest absolute Gasteiger partial charge is 0.297 e. The van der Waals surface area contributed by atoms with Crippen LogP contribution in [0.25, 0.3) is 0 Å². The number of aryl methyl sites for hydroxylation is 1. The molecule has 0 amide bonds. The van der Waals surface area contributed by atoms with Crippen LogP contribution in [-0.2, 0) is 6.42 Å². The third-order valence-corrected chi connectivity index (χ3v) is 2.33. The summed E-state index contributed by atoms with van der Waals surface area (Å²) in [6.07, 6.45) is 1.81. The normalized spacial score (nSPS) is 13.1. The van der Waals surface area contributed by atoms with Crippen molar-refractivity contribution < 1.29 is 0 Å². The van der Waals surface area contributed by atoms with E-state index in [-0.39, 0.29) is 11.6 Å². The first kappa shape index (κ1) is 12.7. The van der Waals surface area contributed by atoms with E-state index in [0.29, 0.717) is 0 Å². The molecule has 2 nitrogen and oxygen atoms in total. The molecular formula is C14H20N2. The summed E-state index contributed by atoms with van der Waals surface area (Å²) in [4.78, 5) is 0. The van der Waals surface area contributed by atoms with E-state index < -0.39 is 0 Å². The van der Waals surface area contributed by atoms with Crippen LogP contribution in [0.15, 0.2) is 30.3 Å². The summed E-state index contributed by atoms with van der Waals surface area (Å²) in [6.45, 7) is 6.25. The van der Waals surface area contributed by atoms with Crippen molar-refractivity contribution in [2.75, 3.05) is 0 Å². The first-order valence-corrected chi connectivity index (χ1v) is 5.72. The molecule has 86 valence electrons.